The summed E-state index contributed by atoms with van der Waals surface area (Å²) < 4.78 is 30.5. The van der Waals surface area contributed by atoms with Gasteiger partial charge in [0.15, 0.2) is 0 Å². The topological polar surface area (TPSA) is 114 Å². The van der Waals surface area contributed by atoms with Crippen LogP contribution in [0, 0.1) is 0 Å². The number of carbonyl (C=O) groups excluding carboxylic acids is 2. The van der Waals surface area contributed by atoms with E-state index in [2.05, 4.69) is 135 Å². The van der Waals surface area contributed by atoms with Gasteiger partial charge in [0, 0.05) is 12.8 Å². The predicted octanol–water partition coefficient (Wildman–Crippen LogP) is 23.9. The normalized spacial score (nSPS) is 14.1. The van der Waals surface area contributed by atoms with Crippen molar-refractivity contribution >= 4 is 19.7 Å². The van der Waals surface area contributed by atoms with Gasteiger partial charge in [-0.05, 0) is 122 Å². The third-order valence-electron chi connectivity index (χ3n) is 16.4. The summed E-state index contributed by atoms with van der Waals surface area (Å²) in [7, 11) is 1.17. The minimum Gasteiger partial charge on any atom is -0.756 e. The second kappa shape index (κ2) is 69.2. The van der Waals surface area contributed by atoms with Crippen LogP contribution in [-0.4, -0.2) is 69.4 Å². The molecule has 1 amide bonds. The van der Waals surface area contributed by atoms with Crippen molar-refractivity contribution in [3.05, 3.63) is 122 Å². The Kier molecular flexibility index (Phi) is 66.5. The van der Waals surface area contributed by atoms with Crippen LogP contribution in [0.25, 0.3) is 0 Å². The maximum atomic E-state index is 13.6. The number of phosphoric ester groups is 1. The maximum Gasteiger partial charge on any atom is 0.306 e. The second-order valence-corrected chi connectivity index (χ2v) is 27.8. The van der Waals surface area contributed by atoms with Gasteiger partial charge in [-0.3, -0.25) is 14.2 Å². The number of ether oxygens (including phenoxy) is 1. The van der Waals surface area contributed by atoms with Gasteiger partial charge in [-0.15, -0.1) is 0 Å². The van der Waals surface area contributed by atoms with Gasteiger partial charge in [0.25, 0.3) is 7.82 Å². The van der Waals surface area contributed by atoms with E-state index in [1.54, 1.807) is 0 Å². The molecule has 0 aromatic carbocycles. The number of nitrogens with zero attached hydrogens (tertiary/aromatic N) is 1. The van der Waals surface area contributed by atoms with E-state index in [-0.39, 0.29) is 24.9 Å². The Morgan fingerprint density at radius 3 is 1.08 bits per heavy atom. The molecule has 10 heteroatoms. The molecular weight excluding hydrogens is 1140 g/mol. The van der Waals surface area contributed by atoms with Gasteiger partial charge in [-0.25, -0.2) is 0 Å². The monoisotopic (exact) mass is 1290 g/mol. The number of hydrogen-bond donors (Lipinski definition) is 1. The lowest BCUT2D eigenvalue weighted by Crippen LogP contribution is -2.47. The summed E-state index contributed by atoms with van der Waals surface area (Å²) in [6, 6.07) is -0.904. The Hall–Kier alpha value is -3.59. The summed E-state index contributed by atoms with van der Waals surface area (Å²) in [6.07, 6.45) is 97.5. The van der Waals surface area contributed by atoms with Gasteiger partial charge >= 0.3 is 5.97 Å². The highest BCUT2D eigenvalue weighted by Crippen LogP contribution is 2.38. The van der Waals surface area contributed by atoms with Crippen molar-refractivity contribution in [1.29, 1.82) is 0 Å². The van der Waals surface area contributed by atoms with E-state index >= 15 is 0 Å². The van der Waals surface area contributed by atoms with Crippen molar-refractivity contribution in [2.24, 2.45) is 0 Å². The number of likely N-dealkylation sites (N-methyl/N-ethyl adjacent to an activating group) is 1. The average molecular weight is 1290 g/mol. The summed E-state index contributed by atoms with van der Waals surface area (Å²) >= 11 is 0. The third-order valence-corrected chi connectivity index (χ3v) is 17.3. The fraction of sp³-hybridized carbons (Fsp3) is 0.728. The molecule has 524 valence electrons. The van der Waals surface area contributed by atoms with E-state index in [4.69, 9.17) is 13.8 Å². The second-order valence-electron chi connectivity index (χ2n) is 26.4. The maximum absolute atomic E-state index is 13.6. The van der Waals surface area contributed by atoms with Gasteiger partial charge in [-0.2, -0.15) is 0 Å². The Bertz CT molecular complexity index is 1970. The van der Waals surface area contributed by atoms with E-state index < -0.39 is 26.6 Å². The molecule has 1 N–H and O–H groups in total. The summed E-state index contributed by atoms with van der Waals surface area (Å²) in [5, 5.41) is 3.05. The molecule has 0 aromatic heterocycles. The summed E-state index contributed by atoms with van der Waals surface area (Å²) in [5.41, 5.74) is 0. The fourth-order valence-electron chi connectivity index (χ4n) is 10.6. The van der Waals surface area contributed by atoms with Crippen LogP contribution in [0.2, 0.25) is 0 Å². The summed E-state index contributed by atoms with van der Waals surface area (Å²) in [5.74, 6) is -0.556. The first kappa shape index (κ1) is 87.4. The number of phosphoric acid groups is 1. The number of esters is 1. The molecule has 0 aliphatic carbocycles. The lowest BCUT2D eigenvalue weighted by molar-refractivity contribution is -0.870. The first-order valence-electron chi connectivity index (χ1n) is 37.8. The van der Waals surface area contributed by atoms with Crippen LogP contribution in [0.1, 0.15) is 329 Å². The van der Waals surface area contributed by atoms with Gasteiger partial charge in [0.05, 0.1) is 33.8 Å². The van der Waals surface area contributed by atoms with Crippen molar-refractivity contribution in [3.8, 4) is 0 Å². The number of hydrogen-bond acceptors (Lipinski definition) is 7. The van der Waals surface area contributed by atoms with Crippen molar-refractivity contribution in [2.45, 2.75) is 341 Å². The molecule has 0 aliphatic rings. The quantitative estimate of drug-likeness (QED) is 0.0212. The summed E-state index contributed by atoms with van der Waals surface area (Å²) in [4.78, 5) is 40.3. The predicted molar refractivity (Wildman–Crippen MR) is 394 cm³/mol. The smallest absolute Gasteiger partial charge is 0.306 e. The number of rotatable bonds is 68. The number of carbonyl (C=O) groups is 2. The molecule has 0 bridgehead atoms. The zero-order chi connectivity index (χ0) is 66.3. The van der Waals surface area contributed by atoms with Crippen LogP contribution in [0.5, 0.6) is 0 Å². The molecule has 91 heavy (non-hydrogen) atoms. The highest BCUT2D eigenvalue weighted by Gasteiger charge is 2.27. The molecule has 9 nitrogen and oxygen atoms in total. The molecule has 0 aromatic rings. The van der Waals surface area contributed by atoms with Crippen LogP contribution < -0.4 is 10.2 Å². The molecule has 0 saturated heterocycles. The van der Waals surface area contributed by atoms with Gasteiger partial charge in [-0.1, -0.05) is 316 Å². The van der Waals surface area contributed by atoms with E-state index in [0.29, 0.717) is 23.9 Å². The van der Waals surface area contributed by atoms with Crippen LogP contribution in [0.4, 0.5) is 0 Å². The van der Waals surface area contributed by atoms with Crippen molar-refractivity contribution in [2.75, 3.05) is 40.9 Å². The molecule has 0 fully saturated rings. The Morgan fingerprint density at radius 2 is 0.703 bits per heavy atom. The van der Waals surface area contributed by atoms with Crippen LogP contribution in [0.3, 0.4) is 0 Å². The van der Waals surface area contributed by atoms with E-state index in [1.807, 2.05) is 33.3 Å². The van der Waals surface area contributed by atoms with E-state index in [9.17, 15) is 19.0 Å². The number of quaternary nitrogens is 1. The molecule has 0 radical (unpaired) electrons. The van der Waals surface area contributed by atoms with Crippen LogP contribution in [-0.2, 0) is 27.9 Å². The molecule has 0 rings (SSSR count). The van der Waals surface area contributed by atoms with Gasteiger partial charge < -0.3 is 28.5 Å². The molecule has 0 spiro atoms. The first-order valence-corrected chi connectivity index (χ1v) is 39.3. The number of nitrogens with one attached hydrogen (secondary N) is 1. The van der Waals surface area contributed by atoms with Gasteiger partial charge in [0.2, 0.25) is 5.91 Å². The van der Waals surface area contributed by atoms with Gasteiger partial charge in [0.1, 0.15) is 19.3 Å². The highest BCUT2D eigenvalue weighted by atomic mass is 31.2. The number of unbranched alkanes of at least 4 members (excludes halogenated alkanes) is 34. The Labute approximate surface area is 563 Å². The molecular formula is C81H143N2O7P. The standard InChI is InChI=1S/C81H143N2O7P/c1-7-10-13-16-19-22-25-28-30-32-34-36-38-40-41-43-44-46-48-50-52-55-58-61-64-67-70-73-80(84)82-78(77-89-91(86,87)88-76-75-83(4,5)6)79(72-69-66-63-60-57-54-27-24-21-18-15-12-9-3)90-81(85)74-71-68-65-62-59-56-53-51-49-47-45-42-39-37-35-33-31-29-26-23-20-17-14-11-8-2/h11,14,19-20,22-23,28-31,34-37,42,45,49,51,69,72,78-79H,7-10,12-13,15-18,21,24-27,32-33,38-41,43-44,46-48,50,52-68,70-71,73-77H2,1-6H3,(H-,82,84,86,87)/b14-11-,22-19-,23-20-,30-28-,31-29-,36-34-,37-35-,45-42-,51-49-,72-69+. The zero-order valence-corrected chi connectivity index (χ0v) is 60.9. The lowest BCUT2D eigenvalue weighted by atomic mass is 10.0. The molecule has 3 atom stereocenters. The van der Waals surface area contributed by atoms with Crippen molar-refractivity contribution in [3.63, 3.8) is 0 Å². The molecule has 0 aliphatic heterocycles. The average Bonchev–Trinajstić information content (AvgIpc) is 3.70. The third kappa shape index (κ3) is 70.6. The first-order chi connectivity index (χ1) is 44.4. The zero-order valence-electron chi connectivity index (χ0n) is 60.0. The Balaban J connectivity index is 5.07. The van der Waals surface area contributed by atoms with E-state index in [1.165, 1.54) is 161 Å². The lowest BCUT2D eigenvalue weighted by Gasteiger charge is -2.30. The van der Waals surface area contributed by atoms with Crippen LogP contribution >= 0.6 is 7.82 Å². The molecule has 0 heterocycles. The van der Waals surface area contributed by atoms with E-state index in [0.717, 1.165) is 128 Å². The number of allylic oxidation sites excluding steroid dienone is 19. The van der Waals surface area contributed by atoms with Crippen LogP contribution in [0.15, 0.2) is 122 Å². The van der Waals surface area contributed by atoms with Crippen molar-refractivity contribution in [1.82, 2.24) is 5.32 Å². The molecule has 3 unspecified atom stereocenters. The minimum absolute atomic E-state index is 0.0299. The Morgan fingerprint density at radius 1 is 0.396 bits per heavy atom. The summed E-state index contributed by atoms with van der Waals surface area (Å²) in [6.45, 7) is 6.72. The number of amides is 1. The fourth-order valence-corrected chi connectivity index (χ4v) is 11.3. The van der Waals surface area contributed by atoms with Crippen molar-refractivity contribution < 1.29 is 37.3 Å². The minimum atomic E-state index is -4.72. The largest absolute Gasteiger partial charge is 0.756 e. The highest BCUT2D eigenvalue weighted by molar-refractivity contribution is 7.45. The molecule has 0 saturated carbocycles. The SMILES string of the molecule is CC/C=C\C/C=C\C/C=C\C/C=C\C/C=C\C/C=C\CCCCCCCCC(=O)OC(/C=C/CCCCCCCCCCCCC)C(COP(=O)([O-])OCC[N+](C)(C)C)NC(=O)CCCCCCCCCCCCCCCC/C=C\C/C=C\C/C=C\CCCCC.